The van der Waals surface area contributed by atoms with Crippen LogP contribution in [0.5, 0.6) is 11.5 Å². The van der Waals surface area contributed by atoms with Gasteiger partial charge in [-0.15, -0.1) is 0 Å². The first-order valence-electron chi connectivity index (χ1n) is 9.88. The number of benzene rings is 2. The molecule has 2 rings (SSSR count). The molecule has 2 aromatic rings. The van der Waals surface area contributed by atoms with Gasteiger partial charge in [0, 0.05) is 12.5 Å². The van der Waals surface area contributed by atoms with Crippen molar-refractivity contribution in [2.45, 2.75) is 13.3 Å². The first-order chi connectivity index (χ1) is 16.3. The maximum absolute atomic E-state index is 12.0. The normalized spacial score (nSPS) is 9.76. The molecule has 0 unspecified atom stereocenters. The van der Waals surface area contributed by atoms with E-state index in [9.17, 15) is 19.2 Å². The number of aliphatic imine (C=N–C) groups is 1. The minimum atomic E-state index is -0.885. The Balaban J connectivity index is 2.38. The van der Waals surface area contributed by atoms with Gasteiger partial charge in [-0.05, 0) is 36.4 Å². The van der Waals surface area contributed by atoms with Gasteiger partial charge in [-0.2, -0.15) is 0 Å². The number of alkyl carbamates (subject to hydrolysis) is 2. The lowest BCUT2D eigenvalue weighted by Gasteiger charge is -2.13. The molecular weight excluding hydrogens is 448 g/mol. The second-order valence-electron chi connectivity index (χ2n) is 6.39. The average molecular weight is 472 g/mol. The van der Waals surface area contributed by atoms with Gasteiger partial charge in [0.05, 0.1) is 38.3 Å². The van der Waals surface area contributed by atoms with Gasteiger partial charge in [-0.3, -0.25) is 15.4 Å². The van der Waals surface area contributed by atoms with Crippen LogP contribution in [-0.4, -0.2) is 51.4 Å². The molecule has 0 heterocycles. The van der Waals surface area contributed by atoms with E-state index in [1.165, 1.54) is 19.2 Å². The number of anilines is 1. The van der Waals surface area contributed by atoms with Crippen molar-refractivity contribution in [2.75, 3.05) is 26.6 Å². The van der Waals surface area contributed by atoms with Gasteiger partial charge < -0.3 is 24.3 Å². The monoisotopic (exact) mass is 472 g/mol. The third-order valence-corrected chi connectivity index (χ3v) is 4.12. The number of nitrogens with zero attached hydrogens (tertiary/aromatic N) is 1. The predicted octanol–water partition coefficient (Wildman–Crippen LogP) is 3.31. The minimum Gasteiger partial charge on any atom is -0.465 e. The molecule has 12 nitrogen and oxygen atoms in total. The molecule has 0 atom stereocenters. The number of methoxy groups -OCH3 is 3. The number of carbonyl (C=O) groups excluding carboxylic acids is 4. The molecular formula is C22H24N4O8. The maximum atomic E-state index is 12.0. The van der Waals surface area contributed by atoms with E-state index >= 15 is 0 Å². The molecule has 180 valence electrons. The van der Waals surface area contributed by atoms with E-state index in [4.69, 9.17) is 4.74 Å². The summed E-state index contributed by atoms with van der Waals surface area (Å²) in [5.41, 5.74) is 0.795. The second kappa shape index (κ2) is 12.4. The number of amides is 3. The summed E-state index contributed by atoms with van der Waals surface area (Å²) in [6.07, 6.45) is -1.58. The third kappa shape index (κ3) is 7.51. The highest BCUT2D eigenvalue weighted by atomic mass is 16.5. The topological polar surface area (TPSA) is 154 Å². The number of esters is 1. The number of hydrogen-bond acceptors (Lipinski definition) is 9. The van der Waals surface area contributed by atoms with Crippen LogP contribution in [-0.2, 0) is 19.0 Å². The molecule has 3 amide bonds. The number of carbonyl (C=O) groups is 4. The zero-order chi connectivity index (χ0) is 25.1. The lowest BCUT2D eigenvalue weighted by Crippen LogP contribution is -2.43. The van der Waals surface area contributed by atoms with Crippen molar-refractivity contribution >= 4 is 41.4 Å². The summed E-state index contributed by atoms with van der Waals surface area (Å²) in [4.78, 5) is 51.0. The minimum absolute atomic E-state index is 0.191. The molecule has 0 aliphatic heterocycles. The predicted molar refractivity (Wildman–Crippen MR) is 121 cm³/mol. The van der Waals surface area contributed by atoms with Crippen LogP contribution in [0.15, 0.2) is 47.5 Å². The number of guanidine groups is 1. The van der Waals surface area contributed by atoms with Crippen LogP contribution in [0.3, 0.4) is 0 Å². The fraction of sp³-hybridized carbons (Fsp3) is 0.227. The Kier molecular flexibility index (Phi) is 9.38. The molecule has 0 aliphatic rings. The molecule has 2 aromatic carbocycles. The van der Waals surface area contributed by atoms with Crippen LogP contribution in [0, 0.1) is 0 Å². The molecule has 12 heteroatoms. The van der Waals surface area contributed by atoms with Crippen molar-refractivity contribution in [1.29, 1.82) is 0 Å². The van der Waals surface area contributed by atoms with Gasteiger partial charge in [0.25, 0.3) is 0 Å². The van der Waals surface area contributed by atoms with Crippen LogP contribution in [0.25, 0.3) is 0 Å². The highest BCUT2D eigenvalue weighted by molar-refractivity contribution is 6.03. The molecule has 0 bridgehead atoms. The molecule has 0 spiro atoms. The second-order valence-corrected chi connectivity index (χ2v) is 6.39. The smallest absolute Gasteiger partial charge is 0.413 e. The van der Waals surface area contributed by atoms with Gasteiger partial charge in [-0.25, -0.2) is 19.4 Å². The van der Waals surface area contributed by atoms with Crippen molar-refractivity contribution < 1.29 is 38.1 Å². The molecule has 0 aromatic heterocycles. The molecule has 0 saturated carbocycles. The Bertz CT molecular complexity index is 1060. The quantitative estimate of drug-likeness (QED) is 0.250. The van der Waals surface area contributed by atoms with Gasteiger partial charge >= 0.3 is 18.2 Å². The van der Waals surface area contributed by atoms with Crippen molar-refractivity contribution in [3.05, 3.63) is 48.0 Å². The van der Waals surface area contributed by atoms with Crippen molar-refractivity contribution in [3.8, 4) is 11.5 Å². The summed E-state index contributed by atoms with van der Waals surface area (Å²) in [5.74, 6) is -0.302. The highest BCUT2D eigenvalue weighted by Crippen LogP contribution is 2.32. The molecule has 0 radical (unpaired) electrons. The summed E-state index contributed by atoms with van der Waals surface area (Å²) in [5, 5.41) is 7.17. The van der Waals surface area contributed by atoms with Crippen LogP contribution < -0.4 is 20.7 Å². The zero-order valence-corrected chi connectivity index (χ0v) is 19.0. The highest BCUT2D eigenvalue weighted by Gasteiger charge is 2.14. The Morgan fingerprint density at radius 1 is 0.824 bits per heavy atom. The Morgan fingerprint density at radius 2 is 1.41 bits per heavy atom. The Labute approximate surface area is 195 Å². The van der Waals surface area contributed by atoms with Crippen LogP contribution in [0.1, 0.15) is 23.7 Å². The van der Waals surface area contributed by atoms with E-state index in [0.29, 0.717) is 17.1 Å². The number of ether oxygens (including phenoxy) is 4. The molecule has 0 aliphatic carbocycles. The number of rotatable bonds is 6. The third-order valence-electron chi connectivity index (χ3n) is 4.12. The van der Waals surface area contributed by atoms with Crippen molar-refractivity contribution in [1.82, 2.24) is 10.6 Å². The molecule has 0 fully saturated rings. The first-order valence-corrected chi connectivity index (χ1v) is 9.88. The van der Waals surface area contributed by atoms with Crippen molar-refractivity contribution in [3.63, 3.8) is 0 Å². The van der Waals surface area contributed by atoms with Gasteiger partial charge in [0.15, 0.2) is 0 Å². The van der Waals surface area contributed by atoms with Crippen LogP contribution >= 0.6 is 0 Å². The maximum Gasteiger partial charge on any atom is 0.413 e. The fourth-order valence-corrected chi connectivity index (χ4v) is 2.43. The Hall–Kier alpha value is -4.61. The standard InChI is InChI=1S/C22H24N4O8/c1-5-18(27)23-17-12-15(34-14-8-6-13(7-9-14)19(28)31-2)10-11-16(17)24-20(25-21(29)32-3)26-22(30)33-4/h6-12H,5H2,1-4H3,(H,23,27)(H2,24,25,26,29,30). The summed E-state index contributed by atoms with van der Waals surface area (Å²) in [6.45, 7) is 1.67. The average Bonchev–Trinajstić information content (AvgIpc) is 2.85. The van der Waals surface area contributed by atoms with Crippen LogP contribution in [0.4, 0.5) is 21.0 Å². The van der Waals surface area contributed by atoms with E-state index in [1.54, 1.807) is 37.3 Å². The van der Waals surface area contributed by atoms with E-state index in [-0.39, 0.29) is 29.7 Å². The summed E-state index contributed by atoms with van der Waals surface area (Å²) < 4.78 is 19.5. The lowest BCUT2D eigenvalue weighted by molar-refractivity contribution is -0.115. The van der Waals surface area contributed by atoms with Gasteiger partial charge in [-0.1, -0.05) is 6.92 Å². The first kappa shape index (κ1) is 25.6. The molecule has 0 saturated heterocycles. The summed E-state index contributed by atoms with van der Waals surface area (Å²) >= 11 is 0. The van der Waals surface area contributed by atoms with E-state index < -0.39 is 18.2 Å². The number of nitrogens with one attached hydrogen (secondary N) is 3. The van der Waals surface area contributed by atoms with E-state index in [0.717, 1.165) is 14.2 Å². The fourth-order valence-electron chi connectivity index (χ4n) is 2.43. The Morgan fingerprint density at radius 3 is 1.94 bits per heavy atom. The van der Waals surface area contributed by atoms with Crippen molar-refractivity contribution in [2.24, 2.45) is 4.99 Å². The van der Waals surface area contributed by atoms with Crippen LogP contribution in [0.2, 0.25) is 0 Å². The zero-order valence-electron chi connectivity index (χ0n) is 19.0. The van der Waals surface area contributed by atoms with Gasteiger partial charge in [0.1, 0.15) is 11.5 Å². The van der Waals surface area contributed by atoms with E-state index in [1.807, 2.05) is 0 Å². The SMILES string of the molecule is CCC(=O)Nc1cc(Oc2ccc(C(=O)OC)cc2)ccc1N=C(NC(=O)OC)NC(=O)OC. The number of hydrogen-bond donors (Lipinski definition) is 3. The largest absolute Gasteiger partial charge is 0.465 e. The van der Waals surface area contributed by atoms with Gasteiger partial charge in [0.2, 0.25) is 11.9 Å². The summed E-state index contributed by atoms with van der Waals surface area (Å²) in [7, 11) is 3.57. The lowest BCUT2D eigenvalue weighted by atomic mass is 10.2. The molecule has 34 heavy (non-hydrogen) atoms. The van der Waals surface area contributed by atoms with E-state index in [2.05, 4.69) is 35.2 Å². The molecule has 3 N–H and O–H groups in total. The summed E-state index contributed by atoms with van der Waals surface area (Å²) in [6, 6.07) is 10.8.